The number of rotatable bonds is 40. The molecule has 0 aliphatic heterocycles. The maximum Gasteiger partial charge on any atom is 0.472 e. The van der Waals surface area contributed by atoms with Gasteiger partial charge in [-0.3, -0.25) is 13.8 Å². The Balaban J connectivity index is 4.29. The molecule has 0 bridgehead atoms. The standard InChI is InChI=1S/C42H84NO8P/c1-6-8-10-12-14-15-16-17-18-19-20-23-27-31-36-48-38-41(39-50-52(46,47)49-37-35-43(3,4)5)51-42(45)34-30-26-22-21-25-29-33-40(44)32-28-24-13-11-9-7-2/h24,28,40-41,44H,6-23,25-27,29-39H2,1-5H3/p+1/b28-24+. The van der Waals surface area contributed by atoms with Gasteiger partial charge in [-0.15, -0.1) is 0 Å². The van der Waals surface area contributed by atoms with Crippen LogP contribution in [-0.2, 0) is 27.9 Å². The molecule has 0 aliphatic rings. The van der Waals surface area contributed by atoms with E-state index in [0.717, 1.165) is 70.6 Å². The van der Waals surface area contributed by atoms with Gasteiger partial charge in [-0.2, -0.15) is 0 Å². The highest BCUT2D eigenvalue weighted by atomic mass is 31.2. The Labute approximate surface area is 321 Å². The van der Waals surface area contributed by atoms with Crippen molar-refractivity contribution in [3.8, 4) is 0 Å². The van der Waals surface area contributed by atoms with Gasteiger partial charge in [-0.05, 0) is 38.5 Å². The normalized spacial score (nSPS) is 14.5. The van der Waals surface area contributed by atoms with E-state index in [1.807, 2.05) is 21.1 Å². The first-order chi connectivity index (χ1) is 25.0. The van der Waals surface area contributed by atoms with Gasteiger partial charge in [0.05, 0.1) is 40.5 Å². The van der Waals surface area contributed by atoms with Crippen LogP contribution < -0.4 is 0 Å². The SMILES string of the molecule is CCCCC/C=C/CC(O)CCCCCCCCC(=O)OC(COCCCCCCCCCCCCCCCC)COP(=O)(O)OCC[N+](C)(C)C. The zero-order valence-electron chi connectivity index (χ0n) is 34.7. The second-order valence-corrected chi connectivity index (χ2v) is 17.4. The summed E-state index contributed by atoms with van der Waals surface area (Å²) in [6, 6.07) is 0. The maximum absolute atomic E-state index is 12.7. The van der Waals surface area contributed by atoms with Crippen LogP contribution in [0.4, 0.5) is 0 Å². The third-order valence-corrected chi connectivity index (χ3v) is 10.4. The number of likely N-dealkylation sites (N-methyl/N-ethyl adjacent to an activating group) is 1. The molecule has 52 heavy (non-hydrogen) atoms. The quantitative estimate of drug-likeness (QED) is 0.0209. The van der Waals surface area contributed by atoms with E-state index in [-0.39, 0.29) is 38.3 Å². The minimum absolute atomic E-state index is 0.0779. The molecule has 0 aromatic rings. The lowest BCUT2D eigenvalue weighted by atomic mass is 10.0. The summed E-state index contributed by atoms with van der Waals surface area (Å²) < 4.78 is 34.9. The highest BCUT2D eigenvalue weighted by molar-refractivity contribution is 7.47. The van der Waals surface area contributed by atoms with E-state index in [1.165, 1.54) is 96.3 Å². The summed E-state index contributed by atoms with van der Waals surface area (Å²) in [5.41, 5.74) is 0. The second kappa shape index (κ2) is 35.9. The number of allylic oxidation sites excluding steroid dienone is 1. The maximum atomic E-state index is 12.7. The smallest absolute Gasteiger partial charge is 0.457 e. The average Bonchev–Trinajstić information content (AvgIpc) is 3.08. The molecule has 9 nitrogen and oxygen atoms in total. The lowest BCUT2D eigenvalue weighted by molar-refractivity contribution is -0.870. The van der Waals surface area contributed by atoms with Crippen LogP contribution in [0.25, 0.3) is 0 Å². The predicted molar refractivity (Wildman–Crippen MR) is 216 cm³/mol. The van der Waals surface area contributed by atoms with Crippen molar-refractivity contribution in [1.82, 2.24) is 0 Å². The van der Waals surface area contributed by atoms with E-state index < -0.39 is 13.9 Å². The minimum Gasteiger partial charge on any atom is -0.457 e. The van der Waals surface area contributed by atoms with Crippen LogP contribution in [0.15, 0.2) is 12.2 Å². The Morgan fingerprint density at radius 2 is 1.17 bits per heavy atom. The molecule has 310 valence electrons. The first-order valence-electron chi connectivity index (χ1n) is 21.5. The third-order valence-electron chi connectivity index (χ3n) is 9.40. The molecule has 0 fully saturated rings. The van der Waals surface area contributed by atoms with Crippen molar-refractivity contribution in [3.63, 3.8) is 0 Å². The molecule has 0 amide bonds. The summed E-state index contributed by atoms with van der Waals surface area (Å²) in [5, 5.41) is 10.2. The van der Waals surface area contributed by atoms with Crippen molar-refractivity contribution < 1.29 is 42.4 Å². The molecule has 0 aliphatic carbocycles. The van der Waals surface area contributed by atoms with Crippen LogP contribution in [0.1, 0.15) is 187 Å². The molecule has 3 unspecified atom stereocenters. The van der Waals surface area contributed by atoms with E-state index in [1.54, 1.807) is 0 Å². The monoisotopic (exact) mass is 763 g/mol. The molecule has 0 radical (unpaired) electrons. The van der Waals surface area contributed by atoms with Gasteiger partial charge in [0.25, 0.3) is 0 Å². The molecule has 0 heterocycles. The zero-order valence-corrected chi connectivity index (χ0v) is 35.6. The Bertz CT molecular complexity index is 865. The van der Waals surface area contributed by atoms with E-state index in [2.05, 4.69) is 26.0 Å². The molecule has 0 aromatic carbocycles. The molecular formula is C42H85NO8P+. The van der Waals surface area contributed by atoms with Crippen molar-refractivity contribution in [2.24, 2.45) is 0 Å². The zero-order chi connectivity index (χ0) is 38.6. The fraction of sp³-hybridized carbons (Fsp3) is 0.929. The van der Waals surface area contributed by atoms with Gasteiger partial charge in [-0.1, -0.05) is 154 Å². The molecule has 0 aromatic heterocycles. The summed E-state index contributed by atoms with van der Waals surface area (Å²) >= 11 is 0. The Hall–Kier alpha value is -0.800. The molecule has 0 spiro atoms. The number of esters is 1. The largest absolute Gasteiger partial charge is 0.472 e. The summed E-state index contributed by atoms with van der Waals surface area (Å²) in [7, 11) is 1.63. The number of phosphoric acid groups is 1. The Morgan fingerprint density at radius 3 is 1.75 bits per heavy atom. The van der Waals surface area contributed by atoms with Crippen LogP contribution in [-0.4, -0.2) is 86.8 Å². The van der Waals surface area contributed by atoms with Crippen molar-refractivity contribution in [2.45, 2.75) is 199 Å². The van der Waals surface area contributed by atoms with Crippen LogP contribution in [0.5, 0.6) is 0 Å². The van der Waals surface area contributed by atoms with E-state index in [4.69, 9.17) is 18.5 Å². The number of carbonyl (C=O) groups excluding carboxylic acids is 1. The predicted octanol–water partition coefficient (Wildman–Crippen LogP) is 11.2. The van der Waals surface area contributed by atoms with Gasteiger partial charge in [-0.25, -0.2) is 4.57 Å². The topological polar surface area (TPSA) is 112 Å². The van der Waals surface area contributed by atoms with E-state index in [0.29, 0.717) is 17.6 Å². The number of aliphatic hydroxyl groups is 1. The van der Waals surface area contributed by atoms with Crippen molar-refractivity contribution in [1.29, 1.82) is 0 Å². The lowest BCUT2D eigenvalue weighted by Gasteiger charge is -2.24. The number of nitrogens with zero attached hydrogens (tertiary/aromatic N) is 1. The van der Waals surface area contributed by atoms with Gasteiger partial charge >= 0.3 is 13.8 Å². The summed E-state index contributed by atoms with van der Waals surface area (Å²) in [4.78, 5) is 22.9. The fourth-order valence-electron chi connectivity index (χ4n) is 5.98. The van der Waals surface area contributed by atoms with Crippen LogP contribution in [0, 0.1) is 0 Å². The van der Waals surface area contributed by atoms with Crippen molar-refractivity contribution in [3.05, 3.63) is 12.2 Å². The molecule has 3 atom stereocenters. The second-order valence-electron chi connectivity index (χ2n) is 15.9. The summed E-state index contributed by atoms with van der Waals surface area (Å²) in [5.74, 6) is -0.349. The van der Waals surface area contributed by atoms with Crippen LogP contribution >= 0.6 is 7.82 Å². The van der Waals surface area contributed by atoms with Crippen LogP contribution in [0.2, 0.25) is 0 Å². The molecule has 0 rings (SSSR count). The summed E-state index contributed by atoms with van der Waals surface area (Å²) in [6.45, 7) is 5.50. The van der Waals surface area contributed by atoms with Crippen molar-refractivity contribution >= 4 is 13.8 Å². The number of carbonyl (C=O) groups is 1. The fourth-order valence-corrected chi connectivity index (χ4v) is 6.72. The molecule has 10 heteroatoms. The van der Waals surface area contributed by atoms with E-state index in [9.17, 15) is 19.4 Å². The number of ether oxygens (including phenoxy) is 2. The van der Waals surface area contributed by atoms with Crippen LogP contribution in [0.3, 0.4) is 0 Å². The van der Waals surface area contributed by atoms with E-state index >= 15 is 0 Å². The van der Waals surface area contributed by atoms with Gasteiger partial charge in [0.1, 0.15) is 19.3 Å². The van der Waals surface area contributed by atoms with Gasteiger partial charge in [0, 0.05) is 13.0 Å². The number of hydrogen-bond acceptors (Lipinski definition) is 7. The van der Waals surface area contributed by atoms with Gasteiger partial charge < -0.3 is 24.0 Å². The molecule has 2 N–H and O–H groups in total. The highest BCUT2D eigenvalue weighted by Gasteiger charge is 2.26. The summed E-state index contributed by atoms with van der Waals surface area (Å²) in [6.07, 6.45) is 33.9. The number of unbranched alkanes of at least 4 members (excludes halogenated alkanes) is 21. The average molecular weight is 763 g/mol. The number of hydrogen-bond donors (Lipinski definition) is 2. The molecule has 0 saturated heterocycles. The molecular weight excluding hydrogens is 677 g/mol. The Morgan fingerprint density at radius 1 is 0.654 bits per heavy atom. The minimum atomic E-state index is -4.29. The third kappa shape index (κ3) is 38.9. The number of aliphatic hydroxyl groups excluding tert-OH is 1. The first kappa shape index (κ1) is 51.2. The highest BCUT2D eigenvalue weighted by Crippen LogP contribution is 2.43. The lowest BCUT2D eigenvalue weighted by Crippen LogP contribution is -2.37. The van der Waals surface area contributed by atoms with Crippen molar-refractivity contribution in [2.75, 3.05) is 54.1 Å². The van der Waals surface area contributed by atoms with Gasteiger partial charge in [0.15, 0.2) is 0 Å². The first-order valence-corrected chi connectivity index (χ1v) is 23.0. The van der Waals surface area contributed by atoms with Gasteiger partial charge in [0.2, 0.25) is 0 Å². The number of quaternary nitrogens is 1. The number of phosphoric ester groups is 1. The molecule has 0 saturated carbocycles. The Kier molecular flexibility index (Phi) is 35.3.